The third-order valence-electron chi connectivity index (χ3n) is 4.82. The van der Waals surface area contributed by atoms with E-state index in [0.29, 0.717) is 30.4 Å². The molecule has 3 aromatic rings. The second-order valence-electron chi connectivity index (χ2n) is 6.69. The number of methoxy groups -OCH3 is 1. The number of nitrogens with zero attached hydrogens (tertiary/aromatic N) is 6. The molecule has 0 aromatic carbocycles. The van der Waals surface area contributed by atoms with E-state index < -0.39 is 0 Å². The number of carbonyl (C=O) groups is 1. The Kier molecular flexibility index (Phi) is 5.03. The number of aromatic nitrogens is 4. The van der Waals surface area contributed by atoms with Crippen LogP contribution in [0.2, 0.25) is 0 Å². The average molecular weight is 378 g/mol. The van der Waals surface area contributed by atoms with Crippen LogP contribution in [0, 0.1) is 0 Å². The first-order valence-corrected chi connectivity index (χ1v) is 9.15. The fourth-order valence-corrected chi connectivity index (χ4v) is 3.15. The first-order valence-electron chi connectivity index (χ1n) is 9.15. The summed E-state index contributed by atoms with van der Waals surface area (Å²) in [4.78, 5) is 25.9. The molecular weight excluding hydrogens is 356 g/mol. The van der Waals surface area contributed by atoms with Crippen LogP contribution in [0.25, 0.3) is 17.2 Å². The highest BCUT2D eigenvalue weighted by molar-refractivity contribution is 5.93. The van der Waals surface area contributed by atoms with E-state index in [4.69, 9.17) is 4.74 Å². The molecule has 1 aliphatic rings. The zero-order valence-electron chi connectivity index (χ0n) is 15.9. The lowest BCUT2D eigenvalue weighted by Gasteiger charge is -2.31. The highest BCUT2D eigenvalue weighted by Gasteiger charge is 2.24. The van der Waals surface area contributed by atoms with E-state index in [1.54, 1.807) is 30.3 Å². The van der Waals surface area contributed by atoms with Gasteiger partial charge >= 0.3 is 0 Å². The number of pyridine rings is 2. The maximum absolute atomic E-state index is 13.0. The predicted octanol–water partition coefficient (Wildman–Crippen LogP) is 1.73. The highest BCUT2D eigenvalue weighted by atomic mass is 16.5. The number of likely N-dealkylation sites (N-methyl/N-ethyl adjacent to an activating group) is 1. The zero-order chi connectivity index (χ0) is 19.5. The molecule has 1 aliphatic heterocycles. The van der Waals surface area contributed by atoms with Gasteiger partial charge in [-0.05, 0) is 37.4 Å². The van der Waals surface area contributed by atoms with Gasteiger partial charge in [0.05, 0.1) is 24.7 Å². The summed E-state index contributed by atoms with van der Waals surface area (Å²) in [5, 5.41) is 4.58. The lowest BCUT2D eigenvalue weighted by Crippen LogP contribution is -2.47. The van der Waals surface area contributed by atoms with Crippen LogP contribution in [0.4, 0.5) is 0 Å². The van der Waals surface area contributed by atoms with Crippen molar-refractivity contribution in [2.24, 2.45) is 0 Å². The maximum Gasteiger partial charge on any atom is 0.274 e. The van der Waals surface area contributed by atoms with Crippen LogP contribution >= 0.6 is 0 Å². The van der Waals surface area contributed by atoms with Gasteiger partial charge in [0, 0.05) is 32.4 Å². The van der Waals surface area contributed by atoms with Crippen LogP contribution in [0.5, 0.6) is 5.75 Å². The Morgan fingerprint density at radius 1 is 1.07 bits per heavy atom. The van der Waals surface area contributed by atoms with Crippen molar-refractivity contribution in [1.29, 1.82) is 0 Å². The first kappa shape index (κ1) is 18.1. The van der Waals surface area contributed by atoms with Gasteiger partial charge in [0.2, 0.25) is 0 Å². The van der Waals surface area contributed by atoms with Crippen LogP contribution in [-0.2, 0) is 0 Å². The first-order chi connectivity index (χ1) is 13.7. The van der Waals surface area contributed by atoms with E-state index in [2.05, 4.69) is 27.0 Å². The fraction of sp³-hybridized carbons (Fsp3) is 0.300. The molecule has 0 N–H and O–H groups in total. The van der Waals surface area contributed by atoms with Gasteiger partial charge in [-0.2, -0.15) is 5.10 Å². The normalized spacial score (nSPS) is 14.9. The van der Waals surface area contributed by atoms with Gasteiger partial charge in [-0.15, -0.1) is 0 Å². The summed E-state index contributed by atoms with van der Waals surface area (Å²) in [6.45, 7) is 3.11. The lowest BCUT2D eigenvalue weighted by atomic mass is 10.2. The van der Waals surface area contributed by atoms with E-state index >= 15 is 0 Å². The smallest absolute Gasteiger partial charge is 0.274 e. The number of piperazine rings is 1. The minimum Gasteiger partial charge on any atom is -0.495 e. The molecule has 0 spiro atoms. The van der Waals surface area contributed by atoms with Crippen LogP contribution < -0.4 is 4.74 Å². The number of ether oxygens (including phenoxy) is 1. The predicted molar refractivity (Wildman–Crippen MR) is 105 cm³/mol. The Hall–Kier alpha value is -3.26. The number of rotatable bonds is 4. The summed E-state index contributed by atoms with van der Waals surface area (Å²) < 4.78 is 6.84. The van der Waals surface area contributed by atoms with E-state index in [1.807, 2.05) is 35.2 Å². The van der Waals surface area contributed by atoms with Crippen molar-refractivity contribution in [3.05, 3.63) is 54.5 Å². The third-order valence-corrected chi connectivity index (χ3v) is 4.82. The molecule has 1 amide bonds. The molecule has 4 heterocycles. The van der Waals surface area contributed by atoms with Crippen LogP contribution in [0.1, 0.15) is 10.5 Å². The van der Waals surface area contributed by atoms with Crippen LogP contribution in [-0.4, -0.2) is 75.8 Å². The van der Waals surface area contributed by atoms with Crippen molar-refractivity contribution in [2.45, 2.75) is 0 Å². The van der Waals surface area contributed by atoms with Crippen molar-refractivity contribution >= 4 is 5.91 Å². The minimum absolute atomic E-state index is 0.0717. The molecule has 28 heavy (non-hydrogen) atoms. The number of hydrogen-bond acceptors (Lipinski definition) is 6. The van der Waals surface area contributed by atoms with Crippen molar-refractivity contribution in [1.82, 2.24) is 29.5 Å². The molecule has 1 saturated heterocycles. The Labute approximate surface area is 163 Å². The molecule has 144 valence electrons. The second kappa shape index (κ2) is 7.77. The molecule has 8 heteroatoms. The summed E-state index contributed by atoms with van der Waals surface area (Å²) in [7, 11) is 3.65. The Balaban J connectivity index is 1.72. The molecule has 0 unspecified atom stereocenters. The quantitative estimate of drug-likeness (QED) is 0.688. The van der Waals surface area contributed by atoms with Gasteiger partial charge in [-0.25, -0.2) is 9.67 Å². The summed E-state index contributed by atoms with van der Waals surface area (Å²) in [6, 6.07) is 11.1. The van der Waals surface area contributed by atoms with Gasteiger partial charge in [-0.3, -0.25) is 9.78 Å². The average Bonchev–Trinajstić information content (AvgIpc) is 3.20. The highest BCUT2D eigenvalue weighted by Crippen LogP contribution is 2.23. The number of carbonyl (C=O) groups excluding carboxylic acids is 1. The van der Waals surface area contributed by atoms with Gasteiger partial charge in [-0.1, -0.05) is 6.07 Å². The molecule has 0 bridgehead atoms. The Morgan fingerprint density at radius 3 is 2.54 bits per heavy atom. The summed E-state index contributed by atoms with van der Waals surface area (Å²) in [5.41, 5.74) is 1.84. The monoisotopic (exact) mass is 378 g/mol. The zero-order valence-corrected chi connectivity index (χ0v) is 15.9. The molecule has 0 saturated carbocycles. The summed E-state index contributed by atoms with van der Waals surface area (Å²) in [5.74, 6) is 1.18. The second-order valence-corrected chi connectivity index (χ2v) is 6.69. The lowest BCUT2D eigenvalue weighted by molar-refractivity contribution is 0.0657. The number of amides is 1. The van der Waals surface area contributed by atoms with E-state index in [9.17, 15) is 4.79 Å². The fourth-order valence-electron chi connectivity index (χ4n) is 3.15. The molecule has 3 aromatic heterocycles. The van der Waals surface area contributed by atoms with Gasteiger partial charge < -0.3 is 14.5 Å². The summed E-state index contributed by atoms with van der Waals surface area (Å²) in [6.07, 6.45) is 3.34. The minimum atomic E-state index is -0.0717. The van der Waals surface area contributed by atoms with E-state index in [1.165, 1.54) is 0 Å². The van der Waals surface area contributed by atoms with E-state index in [-0.39, 0.29) is 5.91 Å². The molecule has 0 radical (unpaired) electrons. The van der Waals surface area contributed by atoms with Crippen molar-refractivity contribution in [3.63, 3.8) is 0 Å². The number of hydrogen-bond donors (Lipinski definition) is 0. The van der Waals surface area contributed by atoms with E-state index in [0.717, 1.165) is 24.5 Å². The van der Waals surface area contributed by atoms with Crippen molar-refractivity contribution < 1.29 is 9.53 Å². The van der Waals surface area contributed by atoms with Gasteiger partial charge in [0.15, 0.2) is 11.5 Å². The van der Waals surface area contributed by atoms with Gasteiger partial charge in [0.25, 0.3) is 5.91 Å². The third kappa shape index (κ3) is 3.59. The molecule has 1 fully saturated rings. The molecule has 0 aliphatic carbocycles. The molecule has 4 rings (SSSR count). The van der Waals surface area contributed by atoms with Gasteiger partial charge in [0.1, 0.15) is 5.75 Å². The maximum atomic E-state index is 13.0. The topological polar surface area (TPSA) is 76.4 Å². The SMILES string of the molecule is COc1ccc(-n2nc(C(=O)N3CCN(C)CC3)cc2-c2ccccn2)nc1. The Morgan fingerprint density at radius 2 is 1.89 bits per heavy atom. The largest absolute Gasteiger partial charge is 0.495 e. The molecule has 0 atom stereocenters. The van der Waals surface area contributed by atoms with Crippen molar-refractivity contribution in [2.75, 3.05) is 40.3 Å². The van der Waals surface area contributed by atoms with Crippen LogP contribution in [0.3, 0.4) is 0 Å². The standard InChI is InChI=1S/C20H22N6O2/c1-24-9-11-25(12-10-24)20(27)17-13-18(16-5-3-4-8-21-16)26(23-17)19-7-6-15(28-2)14-22-19/h3-8,13-14H,9-12H2,1-2H3. The van der Waals surface area contributed by atoms with Crippen LogP contribution in [0.15, 0.2) is 48.8 Å². The van der Waals surface area contributed by atoms with Crippen molar-refractivity contribution in [3.8, 4) is 23.0 Å². The Bertz CT molecular complexity index is 947. The summed E-state index contributed by atoms with van der Waals surface area (Å²) >= 11 is 0. The molecular formula is C20H22N6O2. The molecule has 8 nitrogen and oxygen atoms in total.